The minimum Gasteiger partial charge on any atom is -0.337 e. The summed E-state index contributed by atoms with van der Waals surface area (Å²) in [6, 6.07) is 3.23. The summed E-state index contributed by atoms with van der Waals surface area (Å²) in [5.74, 6) is 1.15. The van der Waals surface area contributed by atoms with Crippen LogP contribution in [0.4, 0.5) is 0 Å². The largest absolute Gasteiger partial charge is 0.337 e. The molecule has 28 heavy (non-hydrogen) atoms. The number of nitrogens with zero attached hydrogens (tertiary/aromatic N) is 5. The minimum atomic E-state index is -0.291. The number of hydrogen-bond acceptors (Lipinski definition) is 6. The van der Waals surface area contributed by atoms with Crippen LogP contribution in [0.25, 0.3) is 0 Å². The molecule has 1 unspecified atom stereocenters. The van der Waals surface area contributed by atoms with Crippen molar-refractivity contribution in [1.82, 2.24) is 24.9 Å². The van der Waals surface area contributed by atoms with E-state index in [1.165, 1.54) is 0 Å². The molecule has 0 bridgehead atoms. The molecule has 8 heteroatoms. The third-order valence-electron chi connectivity index (χ3n) is 5.67. The molecule has 1 saturated carbocycles. The van der Waals surface area contributed by atoms with E-state index in [0.717, 1.165) is 25.7 Å². The molecule has 1 atom stereocenters. The number of carbonyl (C=O) groups is 2. The van der Waals surface area contributed by atoms with Crippen molar-refractivity contribution in [3.05, 3.63) is 41.8 Å². The Kier molecular flexibility index (Phi) is 5.36. The predicted molar refractivity (Wildman–Crippen MR) is 100 cm³/mol. The lowest BCUT2D eigenvalue weighted by atomic mass is 10.0. The van der Waals surface area contributed by atoms with Crippen LogP contribution >= 0.6 is 0 Å². The molecule has 2 aliphatic rings. The Bertz CT molecular complexity index is 831. The molecule has 8 nitrogen and oxygen atoms in total. The molecule has 4 rings (SSSR count). The molecule has 1 aliphatic carbocycles. The van der Waals surface area contributed by atoms with Crippen LogP contribution in [-0.4, -0.2) is 56.4 Å². The van der Waals surface area contributed by atoms with Crippen molar-refractivity contribution in [3.8, 4) is 0 Å². The van der Waals surface area contributed by atoms with Crippen molar-refractivity contribution < 1.29 is 14.1 Å². The van der Waals surface area contributed by atoms with E-state index in [0.29, 0.717) is 43.3 Å². The first kappa shape index (κ1) is 18.6. The molecular weight excluding hydrogens is 358 g/mol. The molecule has 0 spiro atoms. The van der Waals surface area contributed by atoms with E-state index in [1.54, 1.807) is 36.4 Å². The Morgan fingerprint density at radius 1 is 1.14 bits per heavy atom. The third-order valence-corrected chi connectivity index (χ3v) is 5.67. The van der Waals surface area contributed by atoms with E-state index in [4.69, 9.17) is 4.52 Å². The highest BCUT2D eigenvalue weighted by Crippen LogP contribution is 2.32. The number of carbonyl (C=O) groups excluding carboxylic acids is 2. The normalized spacial score (nSPS) is 21.0. The van der Waals surface area contributed by atoms with E-state index >= 15 is 0 Å². The molecule has 2 aromatic rings. The van der Waals surface area contributed by atoms with Crippen LogP contribution < -0.4 is 0 Å². The summed E-state index contributed by atoms with van der Waals surface area (Å²) < 4.78 is 5.41. The van der Waals surface area contributed by atoms with Gasteiger partial charge in [-0.1, -0.05) is 18.0 Å². The van der Waals surface area contributed by atoms with Gasteiger partial charge in [-0.05, 0) is 38.3 Å². The molecule has 3 heterocycles. The van der Waals surface area contributed by atoms with Crippen LogP contribution in [0.3, 0.4) is 0 Å². The van der Waals surface area contributed by atoms with E-state index < -0.39 is 0 Å². The van der Waals surface area contributed by atoms with Gasteiger partial charge in [0.2, 0.25) is 11.8 Å². The van der Waals surface area contributed by atoms with Gasteiger partial charge in [0.05, 0.1) is 5.56 Å². The Morgan fingerprint density at radius 2 is 1.96 bits per heavy atom. The number of aromatic nitrogens is 3. The summed E-state index contributed by atoms with van der Waals surface area (Å²) in [7, 11) is 0. The number of rotatable bonds is 3. The quantitative estimate of drug-likeness (QED) is 0.808. The van der Waals surface area contributed by atoms with E-state index in [2.05, 4.69) is 15.1 Å². The van der Waals surface area contributed by atoms with Gasteiger partial charge in [0, 0.05) is 37.9 Å². The van der Waals surface area contributed by atoms with Crippen LogP contribution in [0, 0.1) is 12.8 Å². The molecular formula is C20H25N5O3. The number of amides is 2. The van der Waals surface area contributed by atoms with Crippen LogP contribution in [0.2, 0.25) is 0 Å². The van der Waals surface area contributed by atoms with Crippen LogP contribution in [0.5, 0.6) is 0 Å². The van der Waals surface area contributed by atoms with Gasteiger partial charge in [-0.3, -0.25) is 14.6 Å². The molecule has 0 aromatic carbocycles. The fourth-order valence-corrected chi connectivity index (χ4v) is 4.18. The predicted octanol–water partition coefficient (Wildman–Crippen LogP) is 2.38. The van der Waals surface area contributed by atoms with Gasteiger partial charge in [0.15, 0.2) is 5.82 Å². The van der Waals surface area contributed by atoms with E-state index in [-0.39, 0.29) is 23.8 Å². The fraction of sp³-hybridized carbons (Fsp3) is 0.550. The summed E-state index contributed by atoms with van der Waals surface area (Å²) in [5.41, 5.74) is 0.559. The highest BCUT2D eigenvalue weighted by Gasteiger charge is 2.37. The van der Waals surface area contributed by atoms with Crippen molar-refractivity contribution in [2.45, 2.75) is 45.1 Å². The molecule has 0 radical (unpaired) electrons. The first-order valence-electron chi connectivity index (χ1n) is 9.93. The van der Waals surface area contributed by atoms with Gasteiger partial charge in [-0.25, -0.2) is 0 Å². The number of pyridine rings is 1. The average Bonchev–Trinajstić information content (AvgIpc) is 3.35. The summed E-state index contributed by atoms with van der Waals surface area (Å²) in [6.07, 6.45) is 7.86. The molecule has 0 N–H and O–H groups in total. The van der Waals surface area contributed by atoms with Gasteiger partial charge in [0.1, 0.15) is 6.04 Å². The van der Waals surface area contributed by atoms with Crippen LogP contribution in [0.15, 0.2) is 29.0 Å². The Hall–Kier alpha value is -2.77. The number of hydrogen-bond donors (Lipinski definition) is 0. The first-order chi connectivity index (χ1) is 13.6. The Labute approximate surface area is 163 Å². The highest BCUT2D eigenvalue weighted by molar-refractivity contribution is 5.94. The Balaban J connectivity index is 1.56. The summed E-state index contributed by atoms with van der Waals surface area (Å²) >= 11 is 0. The van der Waals surface area contributed by atoms with E-state index in [9.17, 15) is 9.59 Å². The molecule has 2 amide bonds. The second-order valence-corrected chi connectivity index (χ2v) is 7.53. The summed E-state index contributed by atoms with van der Waals surface area (Å²) in [6.45, 7) is 3.24. The van der Waals surface area contributed by atoms with Gasteiger partial charge >= 0.3 is 0 Å². The fourth-order valence-electron chi connectivity index (χ4n) is 4.18. The number of aryl methyl sites for hydroxylation is 1. The van der Waals surface area contributed by atoms with Gasteiger partial charge in [-0.15, -0.1) is 0 Å². The molecule has 1 aliphatic heterocycles. The van der Waals surface area contributed by atoms with Crippen molar-refractivity contribution in [3.63, 3.8) is 0 Å². The highest BCUT2D eigenvalue weighted by atomic mass is 16.5. The van der Waals surface area contributed by atoms with Crippen molar-refractivity contribution in [2.24, 2.45) is 5.92 Å². The van der Waals surface area contributed by atoms with Crippen molar-refractivity contribution >= 4 is 11.8 Å². The third kappa shape index (κ3) is 3.76. The van der Waals surface area contributed by atoms with Crippen LogP contribution in [0.1, 0.15) is 60.2 Å². The second kappa shape index (κ2) is 8.08. The maximum absolute atomic E-state index is 13.2. The van der Waals surface area contributed by atoms with Gasteiger partial charge < -0.3 is 14.3 Å². The molecule has 1 saturated heterocycles. The monoisotopic (exact) mass is 383 g/mol. The van der Waals surface area contributed by atoms with Gasteiger partial charge in [-0.2, -0.15) is 4.98 Å². The standard InChI is InChI=1S/C20H25N5O3/c1-14-22-18(28-23-14)17-8-10-24(19(26)16-7-4-9-21-13-16)11-12-25(17)20(27)15-5-2-3-6-15/h4,7,9,13,15,17H,2-3,5-6,8,10-12H2,1H3. The lowest BCUT2D eigenvalue weighted by Crippen LogP contribution is -2.41. The average molecular weight is 383 g/mol. The maximum Gasteiger partial charge on any atom is 0.255 e. The summed E-state index contributed by atoms with van der Waals surface area (Å²) in [5, 5.41) is 3.90. The first-order valence-corrected chi connectivity index (χ1v) is 9.93. The minimum absolute atomic E-state index is 0.0621. The molecule has 148 valence electrons. The molecule has 2 fully saturated rings. The van der Waals surface area contributed by atoms with Crippen molar-refractivity contribution in [1.29, 1.82) is 0 Å². The zero-order chi connectivity index (χ0) is 19.5. The zero-order valence-electron chi connectivity index (χ0n) is 16.1. The Morgan fingerprint density at radius 3 is 2.64 bits per heavy atom. The van der Waals surface area contributed by atoms with E-state index in [1.807, 2.05) is 4.90 Å². The van der Waals surface area contributed by atoms with Crippen molar-refractivity contribution in [2.75, 3.05) is 19.6 Å². The topological polar surface area (TPSA) is 92.4 Å². The second-order valence-electron chi connectivity index (χ2n) is 7.53. The molecule has 2 aromatic heterocycles. The lowest BCUT2D eigenvalue weighted by Gasteiger charge is -2.29. The maximum atomic E-state index is 13.2. The summed E-state index contributed by atoms with van der Waals surface area (Å²) in [4.78, 5) is 38.1. The zero-order valence-corrected chi connectivity index (χ0v) is 16.1. The van der Waals surface area contributed by atoms with Gasteiger partial charge in [0.25, 0.3) is 5.91 Å². The SMILES string of the molecule is Cc1noc(C2CCN(C(=O)c3cccnc3)CCN2C(=O)C2CCCC2)n1. The lowest BCUT2D eigenvalue weighted by molar-refractivity contribution is -0.138. The smallest absolute Gasteiger partial charge is 0.255 e. The van der Waals surface area contributed by atoms with Crippen LogP contribution in [-0.2, 0) is 4.79 Å².